The number of carbonyl (C=O) groups is 2. The molecule has 0 aliphatic heterocycles. The second-order valence-corrected chi connectivity index (χ2v) is 7.34. The zero-order valence-corrected chi connectivity index (χ0v) is 17.8. The van der Waals surface area contributed by atoms with Gasteiger partial charge in [-0.15, -0.1) is 12.4 Å². The number of carbonyl (C=O) groups excluding carboxylic acids is 2. The second-order valence-electron chi connectivity index (χ2n) is 7.34. The minimum Gasteiger partial charge on any atom is -0.494 e. The van der Waals surface area contributed by atoms with Crippen LogP contribution in [-0.4, -0.2) is 30.5 Å². The Hall–Kier alpha value is -1.79. The van der Waals surface area contributed by atoms with Gasteiger partial charge in [-0.1, -0.05) is 32.0 Å². The lowest BCUT2D eigenvalue weighted by atomic mass is 9.90. The van der Waals surface area contributed by atoms with Gasteiger partial charge < -0.3 is 21.1 Å². The van der Waals surface area contributed by atoms with Gasteiger partial charge in [0.25, 0.3) is 0 Å². The summed E-state index contributed by atoms with van der Waals surface area (Å²) >= 11 is 0. The highest BCUT2D eigenvalue weighted by Gasteiger charge is 2.28. The summed E-state index contributed by atoms with van der Waals surface area (Å²) in [5.74, 6) is 0.737. The number of benzene rings is 1. The lowest BCUT2D eigenvalue weighted by Crippen LogP contribution is -2.52. The van der Waals surface area contributed by atoms with E-state index in [0.717, 1.165) is 12.0 Å². The van der Waals surface area contributed by atoms with Crippen LogP contribution in [0.5, 0.6) is 5.75 Å². The highest BCUT2D eigenvalue weighted by atomic mass is 35.5. The van der Waals surface area contributed by atoms with Crippen molar-refractivity contribution in [3.63, 3.8) is 0 Å². The van der Waals surface area contributed by atoms with Gasteiger partial charge in [0, 0.05) is 24.6 Å². The van der Waals surface area contributed by atoms with Gasteiger partial charge in [-0.25, -0.2) is 0 Å². The van der Waals surface area contributed by atoms with E-state index in [1.807, 2.05) is 38.1 Å². The molecular weight excluding hydrogens is 366 g/mol. The third-order valence-electron chi connectivity index (χ3n) is 4.11. The molecule has 7 heteroatoms. The van der Waals surface area contributed by atoms with Crippen LogP contribution >= 0.6 is 12.4 Å². The van der Waals surface area contributed by atoms with E-state index in [1.165, 1.54) is 6.92 Å². The molecule has 0 heterocycles. The van der Waals surface area contributed by atoms with E-state index in [4.69, 9.17) is 10.5 Å². The molecule has 27 heavy (non-hydrogen) atoms. The van der Waals surface area contributed by atoms with E-state index in [0.29, 0.717) is 24.8 Å². The lowest BCUT2D eigenvalue weighted by molar-refractivity contribution is -0.124. The predicted octanol–water partition coefficient (Wildman–Crippen LogP) is 2.95. The molecule has 0 saturated carbocycles. The predicted molar refractivity (Wildman–Crippen MR) is 111 cm³/mol. The number of rotatable bonds is 10. The Bertz CT molecular complexity index is 610. The zero-order chi connectivity index (χ0) is 19.7. The van der Waals surface area contributed by atoms with Crippen LogP contribution < -0.4 is 21.1 Å². The van der Waals surface area contributed by atoms with Gasteiger partial charge >= 0.3 is 0 Å². The Labute approximate surface area is 169 Å². The van der Waals surface area contributed by atoms with E-state index in [-0.39, 0.29) is 30.6 Å². The van der Waals surface area contributed by atoms with Crippen LogP contribution in [0.2, 0.25) is 0 Å². The summed E-state index contributed by atoms with van der Waals surface area (Å²) in [6, 6.07) is 6.99. The molecule has 0 aliphatic carbocycles. The summed E-state index contributed by atoms with van der Waals surface area (Å²) in [7, 11) is 0. The Balaban J connectivity index is 0.00000676. The SMILES string of the molecule is CCOc1ccccc1C(CC(=O)NC(C)(CN)CC(C)C)NC(C)=O.Cl. The van der Waals surface area contributed by atoms with E-state index >= 15 is 0 Å². The molecule has 1 aromatic rings. The van der Waals surface area contributed by atoms with Crippen molar-refractivity contribution in [2.45, 2.75) is 59.0 Å². The summed E-state index contributed by atoms with van der Waals surface area (Å²) < 4.78 is 5.65. The van der Waals surface area contributed by atoms with Crippen molar-refractivity contribution in [2.24, 2.45) is 11.7 Å². The van der Waals surface area contributed by atoms with Gasteiger partial charge in [0.1, 0.15) is 5.75 Å². The van der Waals surface area contributed by atoms with Crippen LogP contribution in [0.25, 0.3) is 0 Å². The Morgan fingerprint density at radius 2 is 1.89 bits per heavy atom. The first-order valence-electron chi connectivity index (χ1n) is 9.20. The van der Waals surface area contributed by atoms with Crippen molar-refractivity contribution in [1.82, 2.24) is 10.6 Å². The smallest absolute Gasteiger partial charge is 0.222 e. The van der Waals surface area contributed by atoms with Crippen molar-refractivity contribution in [1.29, 1.82) is 0 Å². The fourth-order valence-electron chi connectivity index (χ4n) is 3.20. The fraction of sp³-hybridized carbons (Fsp3) is 0.600. The molecule has 1 rings (SSSR count). The first-order valence-corrected chi connectivity index (χ1v) is 9.20. The Morgan fingerprint density at radius 1 is 1.26 bits per heavy atom. The van der Waals surface area contributed by atoms with Crippen LogP contribution in [0.4, 0.5) is 0 Å². The first kappa shape index (κ1) is 25.2. The molecule has 154 valence electrons. The average molecular weight is 400 g/mol. The van der Waals surface area contributed by atoms with Gasteiger partial charge in [-0.05, 0) is 32.3 Å². The molecule has 0 aliphatic rings. The second kappa shape index (κ2) is 11.8. The third kappa shape index (κ3) is 8.63. The molecule has 2 amide bonds. The molecule has 6 nitrogen and oxygen atoms in total. The van der Waals surface area contributed by atoms with Crippen molar-refractivity contribution in [3.8, 4) is 5.75 Å². The van der Waals surface area contributed by atoms with Crippen molar-refractivity contribution in [2.75, 3.05) is 13.2 Å². The summed E-state index contributed by atoms with van der Waals surface area (Å²) in [5.41, 5.74) is 6.21. The number of nitrogens with two attached hydrogens (primary N) is 1. The number of nitrogens with one attached hydrogen (secondary N) is 2. The largest absolute Gasteiger partial charge is 0.494 e. The summed E-state index contributed by atoms with van der Waals surface area (Å²) in [6.07, 6.45) is 0.910. The van der Waals surface area contributed by atoms with Crippen molar-refractivity contribution >= 4 is 24.2 Å². The topological polar surface area (TPSA) is 93.4 Å². The minimum atomic E-state index is -0.467. The number of ether oxygens (including phenoxy) is 1. The Morgan fingerprint density at radius 3 is 2.41 bits per heavy atom. The number of hydrogen-bond acceptors (Lipinski definition) is 4. The van der Waals surface area contributed by atoms with Crippen LogP contribution in [0, 0.1) is 5.92 Å². The summed E-state index contributed by atoms with van der Waals surface area (Å²) in [5, 5.41) is 5.90. The number of amides is 2. The highest BCUT2D eigenvalue weighted by molar-refractivity contribution is 5.85. The molecule has 1 aromatic carbocycles. The maximum absolute atomic E-state index is 12.7. The number of para-hydroxylation sites is 1. The molecule has 2 unspecified atom stereocenters. The fourth-order valence-corrected chi connectivity index (χ4v) is 3.20. The third-order valence-corrected chi connectivity index (χ3v) is 4.11. The summed E-state index contributed by atoms with van der Waals surface area (Å²) in [4.78, 5) is 24.3. The molecule has 0 aromatic heterocycles. The van der Waals surface area contributed by atoms with E-state index < -0.39 is 11.6 Å². The molecule has 2 atom stereocenters. The van der Waals surface area contributed by atoms with Gasteiger partial charge in [-0.2, -0.15) is 0 Å². The number of hydrogen-bond donors (Lipinski definition) is 3. The molecule has 4 N–H and O–H groups in total. The van der Waals surface area contributed by atoms with Crippen molar-refractivity contribution < 1.29 is 14.3 Å². The van der Waals surface area contributed by atoms with Crippen LogP contribution in [-0.2, 0) is 9.59 Å². The van der Waals surface area contributed by atoms with E-state index in [2.05, 4.69) is 24.5 Å². The van der Waals surface area contributed by atoms with Gasteiger partial charge in [0.15, 0.2) is 0 Å². The average Bonchev–Trinajstić information content (AvgIpc) is 2.53. The van der Waals surface area contributed by atoms with E-state index in [1.54, 1.807) is 0 Å². The highest BCUT2D eigenvalue weighted by Crippen LogP contribution is 2.28. The maximum Gasteiger partial charge on any atom is 0.222 e. The normalized spacial score (nSPS) is 13.9. The molecule has 0 bridgehead atoms. The minimum absolute atomic E-state index is 0. The Kier molecular flexibility index (Phi) is 11.0. The molecule has 0 saturated heterocycles. The monoisotopic (exact) mass is 399 g/mol. The van der Waals surface area contributed by atoms with Crippen LogP contribution in [0.1, 0.15) is 59.1 Å². The standard InChI is InChI=1S/C20H33N3O3.ClH/c1-6-26-18-10-8-7-9-16(18)17(22-15(4)24)11-19(25)23-20(5,13-21)12-14(2)3;/h7-10,14,17H,6,11-13,21H2,1-5H3,(H,22,24)(H,23,25);1H. The summed E-state index contributed by atoms with van der Waals surface area (Å²) in [6.45, 7) is 10.4. The molecular formula is C20H34ClN3O3. The lowest BCUT2D eigenvalue weighted by Gasteiger charge is -2.32. The molecule has 0 spiro atoms. The van der Waals surface area contributed by atoms with Gasteiger partial charge in [0.2, 0.25) is 11.8 Å². The van der Waals surface area contributed by atoms with E-state index in [9.17, 15) is 9.59 Å². The van der Waals surface area contributed by atoms with Crippen LogP contribution in [0.3, 0.4) is 0 Å². The molecule has 0 fully saturated rings. The maximum atomic E-state index is 12.7. The van der Waals surface area contributed by atoms with Gasteiger partial charge in [0.05, 0.1) is 19.1 Å². The van der Waals surface area contributed by atoms with Gasteiger partial charge in [-0.3, -0.25) is 9.59 Å². The first-order chi connectivity index (χ1) is 12.2. The quantitative estimate of drug-likeness (QED) is 0.563. The zero-order valence-electron chi connectivity index (χ0n) is 17.0. The van der Waals surface area contributed by atoms with Crippen LogP contribution in [0.15, 0.2) is 24.3 Å². The number of halogens is 1. The molecule has 0 radical (unpaired) electrons. The van der Waals surface area contributed by atoms with Crippen molar-refractivity contribution in [3.05, 3.63) is 29.8 Å².